The minimum Gasteiger partial charge on any atom is -0.295 e. The summed E-state index contributed by atoms with van der Waals surface area (Å²) in [6, 6.07) is 17.1. The van der Waals surface area contributed by atoms with E-state index < -0.39 is 0 Å². The van der Waals surface area contributed by atoms with E-state index >= 15 is 0 Å². The largest absolute Gasteiger partial charge is 0.295 e. The van der Waals surface area contributed by atoms with Crippen molar-refractivity contribution in [2.45, 2.75) is 6.92 Å². The Hall–Kier alpha value is -3.74. The Kier molecular flexibility index (Phi) is 4.03. The molecule has 26 heavy (non-hydrogen) atoms. The summed E-state index contributed by atoms with van der Waals surface area (Å²) in [4.78, 5) is 12.6. The first kappa shape index (κ1) is 15.8. The van der Waals surface area contributed by atoms with E-state index in [1.807, 2.05) is 61.5 Å². The molecule has 2 heterocycles. The zero-order chi connectivity index (χ0) is 17.9. The molecule has 0 bridgehead atoms. The Morgan fingerprint density at radius 3 is 2.73 bits per heavy atom. The van der Waals surface area contributed by atoms with Gasteiger partial charge in [0, 0.05) is 16.5 Å². The maximum Gasteiger partial charge on any atom is 0.280 e. The lowest BCUT2D eigenvalue weighted by atomic mass is 10.2. The molecule has 0 aliphatic rings. The van der Waals surface area contributed by atoms with E-state index in [1.165, 1.54) is 10.9 Å². The quantitative estimate of drug-likeness (QED) is 0.440. The number of rotatable bonds is 4. The van der Waals surface area contributed by atoms with Crippen LogP contribution in [0.5, 0.6) is 0 Å². The fourth-order valence-corrected chi connectivity index (χ4v) is 2.74. The summed E-state index contributed by atoms with van der Waals surface area (Å²) in [6.45, 7) is 1.83. The van der Waals surface area contributed by atoms with Gasteiger partial charge in [0.25, 0.3) is 5.56 Å². The van der Waals surface area contributed by atoms with Crippen molar-refractivity contribution in [3.05, 3.63) is 82.4 Å². The summed E-state index contributed by atoms with van der Waals surface area (Å²) in [5.41, 5.74) is 4.69. The van der Waals surface area contributed by atoms with Crippen LogP contribution < -0.4 is 11.0 Å². The predicted molar refractivity (Wildman–Crippen MR) is 102 cm³/mol. The highest BCUT2D eigenvalue weighted by molar-refractivity contribution is 5.91. The fourth-order valence-electron chi connectivity index (χ4n) is 2.74. The molecule has 2 aromatic carbocycles. The first-order chi connectivity index (χ1) is 12.7. The molecule has 0 spiro atoms. The van der Waals surface area contributed by atoms with Crippen LogP contribution in [0.3, 0.4) is 0 Å². The van der Waals surface area contributed by atoms with Crippen LogP contribution in [0, 0.1) is 6.92 Å². The predicted octanol–water partition coefficient (Wildman–Crippen LogP) is 2.86. The Bertz CT molecular complexity index is 1140. The number of aryl methyl sites for hydroxylation is 1. The van der Waals surface area contributed by atoms with E-state index in [1.54, 1.807) is 6.20 Å². The van der Waals surface area contributed by atoms with Crippen LogP contribution in [0.15, 0.2) is 70.7 Å². The molecule has 0 amide bonds. The molecular formula is C19H16N6O. The smallest absolute Gasteiger partial charge is 0.280 e. The van der Waals surface area contributed by atoms with Crippen molar-refractivity contribution in [1.29, 1.82) is 0 Å². The van der Waals surface area contributed by atoms with Crippen LogP contribution in [0.2, 0.25) is 0 Å². The molecule has 2 N–H and O–H groups in total. The molecule has 2 aromatic heterocycles. The Labute approximate surface area is 149 Å². The van der Waals surface area contributed by atoms with Gasteiger partial charge in [-0.05, 0) is 19.1 Å². The highest BCUT2D eigenvalue weighted by Gasteiger charge is 2.10. The lowest BCUT2D eigenvalue weighted by Gasteiger charge is -2.02. The van der Waals surface area contributed by atoms with Crippen LogP contribution >= 0.6 is 0 Å². The minimum atomic E-state index is -0.164. The van der Waals surface area contributed by atoms with Gasteiger partial charge in [-0.15, -0.1) is 5.10 Å². The molecule has 0 saturated carbocycles. The second kappa shape index (κ2) is 6.64. The van der Waals surface area contributed by atoms with Gasteiger partial charge in [0.2, 0.25) is 0 Å². The van der Waals surface area contributed by atoms with E-state index in [0.717, 1.165) is 22.2 Å². The Morgan fingerprint density at radius 2 is 1.88 bits per heavy atom. The van der Waals surface area contributed by atoms with Crippen LogP contribution in [0.25, 0.3) is 16.5 Å². The van der Waals surface area contributed by atoms with Crippen molar-refractivity contribution in [3.63, 3.8) is 0 Å². The van der Waals surface area contributed by atoms with Crippen molar-refractivity contribution in [2.24, 2.45) is 5.10 Å². The van der Waals surface area contributed by atoms with Crippen LogP contribution in [0.4, 0.5) is 5.82 Å². The third-order valence-electron chi connectivity index (χ3n) is 4.07. The summed E-state index contributed by atoms with van der Waals surface area (Å²) >= 11 is 0. The second-order valence-corrected chi connectivity index (χ2v) is 5.78. The third-order valence-corrected chi connectivity index (χ3v) is 4.07. The molecule has 7 heteroatoms. The normalized spacial score (nSPS) is 11.3. The lowest BCUT2D eigenvalue weighted by molar-refractivity contribution is 0.835. The first-order valence-electron chi connectivity index (χ1n) is 8.10. The average Bonchev–Trinajstić information content (AvgIpc) is 2.97. The van der Waals surface area contributed by atoms with Gasteiger partial charge in [-0.25, -0.2) is 4.68 Å². The molecule has 7 nitrogen and oxygen atoms in total. The standard InChI is InChI=1S/C19H16N6O/c1-13-17(19(26)25(24-13)15-8-3-2-4-9-15)12-21-23-18-16-10-6-5-7-14(16)11-20-22-18/h2-12,24H,1H3,(H,22,23)/b21-12+. The van der Waals surface area contributed by atoms with Crippen molar-refractivity contribution < 1.29 is 0 Å². The number of hydrazone groups is 1. The van der Waals surface area contributed by atoms with Crippen molar-refractivity contribution in [1.82, 2.24) is 20.0 Å². The van der Waals surface area contributed by atoms with Crippen molar-refractivity contribution >= 4 is 22.8 Å². The molecule has 4 rings (SSSR count). The number of nitrogens with zero attached hydrogens (tertiary/aromatic N) is 4. The zero-order valence-corrected chi connectivity index (χ0v) is 14.0. The van der Waals surface area contributed by atoms with Crippen molar-refractivity contribution in [3.8, 4) is 5.69 Å². The lowest BCUT2D eigenvalue weighted by Crippen LogP contribution is -2.17. The van der Waals surface area contributed by atoms with E-state index in [2.05, 4.69) is 25.8 Å². The van der Waals surface area contributed by atoms with Crippen LogP contribution in [-0.2, 0) is 0 Å². The minimum absolute atomic E-state index is 0.164. The fraction of sp³-hybridized carbons (Fsp3) is 0.0526. The molecule has 0 atom stereocenters. The summed E-state index contributed by atoms with van der Waals surface area (Å²) in [5.74, 6) is 0.538. The van der Waals surface area contributed by atoms with E-state index in [-0.39, 0.29) is 5.56 Å². The summed E-state index contributed by atoms with van der Waals surface area (Å²) in [5, 5.41) is 17.1. The highest BCUT2D eigenvalue weighted by atomic mass is 16.1. The number of H-pyrrole nitrogens is 1. The molecule has 128 valence electrons. The number of hydrogen-bond donors (Lipinski definition) is 2. The molecule has 0 aliphatic carbocycles. The highest BCUT2D eigenvalue weighted by Crippen LogP contribution is 2.18. The molecular weight excluding hydrogens is 328 g/mol. The molecule has 0 aliphatic heterocycles. The number of benzene rings is 2. The SMILES string of the molecule is Cc1[nH]n(-c2ccccc2)c(=O)c1/C=N/Nc1nncc2ccccc12. The summed E-state index contributed by atoms with van der Waals surface area (Å²) in [6.07, 6.45) is 3.19. The monoisotopic (exact) mass is 344 g/mol. The third kappa shape index (κ3) is 2.86. The van der Waals surface area contributed by atoms with Gasteiger partial charge in [0.1, 0.15) is 0 Å². The van der Waals surface area contributed by atoms with E-state index in [4.69, 9.17) is 0 Å². The van der Waals surface area contributed by atoms with Gasteiger partial charge in [0.05, 0.1) is 23.7 Å². The molecule has 0 fully saturated rings. The maximum atomic E-state index is 12.6. The number of nitrogens with one attached hydrogen (secondary N) is 2. The number of fused-ring (bicyclic) bond motifs is 1. The van der Waals surface area contributed by atoms with Gasteiger partial charge < -0.3 is 0 Å². The number of hydrogen-bond acceptors (Lipinski definition) is 5. The Morgan fingerprint density at radius 1 is 1.12 bits per heavy atom. The summed E-state index contributed by atoms with van der Waals surface area (Å²) in [7, 11) is 0. The molecule has 0 unspecified atom stereocenters. The Balaban J connectivity index is 1.64. The van der Waals surface area contributed by atoms with Gasteiger partial charge in [-0.2, -0.15) is 10.2 Å². The second-order valence-electron chi connectivity index (χ2n) is 5.78. The van der Waals surface area contributed by atoms with E-state index in [9.17, 15) is 4.79 Å². The molecule has 4 aromatic rings. The van der Waals surface area contributed by atoms with Gasteiger partial charge in [-0.1, -0.05) is 42.5 Å². The number of para-hydroxylation sites is 1. The topological polar surface area (TPSA) is 88.0 Å². The molecule has 0 radical (unpaired) electrons. The first-order valence-corrected chi connectivity index (χ1v) is 8.10. The van der Waals surface area contributed by atoms with Gasteiger partial charge in [-0.3, -0.25) is 15.3 Å². The number of aromatic amines is 1. The van der Waals surface area contributed by atoms with Gasteiger partial charge >= 0.3 is 0 Å². The zero-order valence-electron chi connectivity index (χ0n) is 14.0. The maximum absolute atomic E-state index is 12.6. The van der Waals surface area contributed by atoms with Crippen LogP contribution in [-0.4, -0.2) is 26.2 Å². The number of anilines is 1. The van der Waals surface area contributed by atoms with Crippen LogP contribution in [0.1, 0.15) is 11.3 Å². The summed E-state index contributed by atoms with van der Waals surface area (Å²) < 4.78 is 1.49. The van der Waals surface area contributed by atoms with Gasteiger partial charge in [0.15, 0.2) is 5.82 Å². The average molecular weight is 344 g/mol. The van der Waals surface area contributed by atoms with Crippen molar-refractivity contribution in [2.75, 3.05) is 5.43 Å². The molecule has 0 saturated heterocycles. The number of aromatic nitrogens is 4. The van der Waals surface area contributed by atoms with E-state index in [0.29, 0.717) is 11.4 Å².